The molecule has 1 aromatic carbocycles. The molecule has 2 N–H and O–H groups in total. The van der Waals surface area contributed by atoms with Crippen molar-refractivity contribution in [1.82, 2.24) is 15.1 Å². The summed E-state index contributed by atoms with van der Waals surface area (Å²) in [6.45, 7) is 2.01. The number of hydrogen-bond acceptors (Lipinski definition) is 6. The van der Waals surface area contributed by atoms with Gasteiger partial charge in [-0.05, 0) is 25.1 Å². The summed E-state index contributed by atoms with van der Waals surface area (Å²) in [4.78, 5) is 12.4. The summed E-state index contributed by atoms with van der Waals surface area (Å²) in [6.07, 6.45) is 2.51. The van der Waals surface area contributed by atoms with E-state index in [9.17, 15) is 4.79 Å². The first kappa shape index (κ1) is 20.9. The van der Waals surface area contributed by atoms with E-state index in [0.717, 1.165) is 18.5 Å². The standard InChI is InChI=1S/C18H24N4O4.ClH/c1-24-14-5-4-13(16(25-2)17(14)26-3)11-22-15(7-9-20-22)21-18(23)12-6-8-19-10-12;/h4-5,7,9,12,19H,6,8,10-11H2,1-3H3,(H,21,23);1H. The van der Waals surface area contributed by atoms with Crippen molar-refractivity contribution in [2.45, 2.75) is 13.0 Å². The second-order valence-corrected chi connectivity index (χ2v) is 6.05. The lowest BCUT2D eigenvalue weighted by Gasteiger charge is -2.17. The largest absolute Gasteiger partial charge is 0.493 e. The topological polar surface area (TPSA) is 86.6 Å². The number of benzene rings is 1. The van der Waals surface area contributed by atoms with E-state index in [4.69, 9.17) is 14.2 Å². The van der Waals surface area contributed by atoms with Gasteiger partial charge in [-0.1, -0.05) is 0 Å². The maximum Gasteiger partial charge on any atom is 0.229 e. The van der Waals surface area contributed by atoms with Crippen molar-refractivity contribution < 1.29 is 19.0 Å². The first-order valence-corrected chi connectivity index (χ1v) is 8.49. The molecule has 1 saturated heterocycles. The minimum atomic E-state index is -0.00559. The number of nitrogens with one attached hydrogen (secondary N) is 2. The number of hydrogen-bond donors (Lipinski definition) is 2. The molecule has 1 aliphatic rings. The van der Waals surface area contributed by atoms with E-state index >= 15 is 0 Å². The van der Waals surface area contributed by atoms with Gasteiger partial charge in [0.1, 0.15) is 5.82 Å². The normalized spacial score (nSPS) is 15.7. The number of aromatic nitrogens is 2. The van der Waals surface area contributed by atoms with Crippen LogP contribution in [0.4, 0.5) is 5.82 Å². The van der Waals surface area contributed by atoms with Gasteiger partial charge in [0.25, 0.3) is 0 Å². The Morgan fingerprint density at radius 2 is 2.00 bits per heavy atom. The third-order valence-corrected chi connectivity index (χ3v) is 4.50. The second kappa shape index (κ2) is 9.48. The van der Waals surface area contributed by atoms with Crippen molar-refractivity contribution in [3.05, 3.63) is 30.0 Å². The predicted molar refractivity (Wildman–Crippen MR) is 104 cm³/mol. The average Bonchev–Trinajstić information content (AvgIpc) is 3.33. The van der Waals surface area contributed by atoms with Gasteiger partial charge in [-0.15, -0.1) is 12.4 Å². The lowest BCUT2D eigenvalue weighted by atomic mass is 10.1. The molecular weight excluding hydrogens is 372 g/mol. The van der Waals surface area contributed by atoms with Crippen LogP contribution in [-0.4, -0.2) is 50.1 Å². The molecular formula is C18H25ClN4O4. The Balaban J connectivity index is 0.00000261. The smallest absolute Gasteiger partial charge is 0.229 e. The van der Waals surface area contributed by atoms with E-state index in [0.29, 0.717) is 36.2 Å². The highest BCUT2D eigenvalue weighted by Crippen LogP contribution is 2.40. The molecule has 1 fully saturated rings. The highest BCUT2D eigenvalue weighted by atomic mass is 35.5. The zero-order valence-corrected chi connectivity index (χ0v) is 16.5. The number of nitrogens with zero attached hydrogens (tertiary/aromatic N) is 2. The number of amides is 1. The summed E-state index contributed by atoms with van der Waals surface area (Å²) in [5.41, 5.74) is 0.867. The molecule has 1 aliphatic heterocycles. The van der Waals surface area contributed by atoms with E-state index < -0.39 is 0 Å². The molecule has 9 heteroatoms. The predicted octanol–water partition coefficient (Wildman–Crippen LogP) is 1.93. The molecule has 0 aliphatic carbocycles. The Kier molecular flexibility index (Phi) is 7.32. The van der Waals surface area contributed by atoms with E-state index in [1.165, 1.54) is 0 Å². The first-order valence-electron chi connectivity index (χ1n) is 8.49. The van der Waals surface area contributed by atoms with Gasteiger partial charge in [-0.25, -0.2) is 4.68 Å². The van der Waals surface area contributed by atoms with E-state index in [-0.39, 0.29) is 24.2 Å². The van der Waals surface area contributed by atoms with Gasteiger partial charge in [0, 0.05) is 18.2 Å². The number of carbonyl (C=O) groups is 1. The Bertz CT molecular complexity index is 775. The summed E-state index contributed by atoms with van der Waals surface area (Å²) < 4.78 is 18.0. The fourth-order valence-corrected chi connectivity index (χ4v) is 3.12. The summed E-state index contributed by atoms with van der Waals surface area (Å²) >= 11 is 0. The van der Waals surface area contributed by atoms with Gasteiger partial charge in [-0.3, -0.25) is 4.79 Å². The van der Waals surface area contributed by atoms with Crippen molar-refractivity contribution in [3.8, 4) is 17.2 Å². The van der Waals surface area contributed by atoms with Crippen LogP contribution in [0.2, 0.25) is 0 Å². The number of halogens is 1. The molecule has 0 saturated carbocycles. The highest BCUT2D eigenvalue weighted by Gasteiger charge is 2.23. The SMILES string of the molecule is COc1ccc(Cn2nccc2NC(=O)C2CCNC2)c(OC)c1OC.Cl. The quantitative estimate of drug-likeness (QED) is 0.743. The molecule has 0 bridgehead atoms. The third-order valence-electron chi connectivity index (χ3n) is 4.50. The summed E-state index contributed by atoms with van der Waals surface area (Å²) in [7, 11) is 4.73. The van der Waals surface area contributed by atoms with Crippen molar-refractivity contribution in [3.63, 3.8) is 0 Å². The number of anilines is 1. The first-order chi connectivity index (χ1) is 12.7. The molecule has 27 heavy (non-hydrogen) atoms. The second-order valence-electron chi connectivity index (χ2n) is 6.05. The zero-order chi connectivity index (χ0) is 18.5. The Labute approximate surface area is 164 Å². The molecule has 1 unspecified atom stereocenters. The summed E-state index contributed by atoms with van der Waals surface area (Å²) in [6, 6.07) is 5.50. The van der Waals surface area contributed by atoms with E-state index in [1.807, 2.05) is 12.1 Å². The van der Waals surface area contributed by atoms with Crippen LogP contribution in [0.3, 0.4) is 0 Å². The number of carbonyl (C=O) groups excluding carboxylic acids is 1. The van der Waals surface area contributed by atoms with Crippen molar-refractivity contribution in [1.29, 1.82) is 0 Å². The summed E-state index contributed by atoms with van der Waals surface area (Å²) in [5.74, 6) is 2.36. The highest BCUT2D eigenvalue weighted by molar-refractivity contribution is 5.92. The van der Waals surface area contributed by atoms with Gasteiger partial charge in [-0.2, -0.15) is 5.10 Å². The minimum absolute atomic E-state index is 0. The number of ether oxygens (including phenoxy) is 3. The maximum absolute atomic E-state index is 12.4. The molecule has 3 rings (SSSR count). The van der Waals surface area contributed by atoms with Crippen molar-refractivity contribution >= 4 is 24.1 Å². The molecule has 8 nitrogen and oxygen atoms in total. The van der Waals surface area contributed by atoms with Crippen LogP contribution in [0, 0.1) is 5.92 Å². The van der Waals surface area contributed by atoms with Gasteiger partial charge in [0.2, 0.25) is 11.7 Å². The molecule has 148 valence electrons. The lowest BCUT2D eigenvalue weighted by Crippen LogP contribution is -2.26. The van der Waals surface area contributed by atoms with Crippen LogP contribution in [0.1, 0.15) is 12.0 Å². The van der Waals surface area contributed by atoms with Crippen LogP contribution in [0.5, 0.6) is 17.2 Å². The molecule has 2 heterocycles. The third kappa shape index (κ3) is 4.45. The number of methoxy groups -OCH3 is 3. The van der Waals surface area contributed by atoms with Crippen LogP contribution in [-0.2, 0) is 11.3 Å². The average molecular weight is 397 g/mol. The molecule has 2 aromatic rings. The monoisotopic (exact) mass is 396 g/mol. The minimum Gasteiger partial charge on any atom is -0.493 e. The molecule has 1 amide bonds. The lowest BCUT2D eigenvalue weighted by molar-refractivity contribution is -0.119. The van der Waals surface area contributed by atoms with Gasteiger partial charge < -0.3 is 24.8 Å². The van der Waals surface area contributed by atoms with E-state index in [2.05, 4.69) is 15.7 Å². The van der Waals surface area contributed by atoms with Gasteiger partial charge in [0.15, 0.2) is 11.5 Å². The van der Waals surface area contributed by atoms with Crippen LogP contribution in [0.15, 0.2) is 24.4 Å². The molecule has 0 radical (unpaired) electrons. The molecule has 0 spiro atoms. The van der Waals surface area contributed by atoms with Crippen LogP contribution < -0.4 is 24.8 Å². The Morgan fingerprint density at radius 1 is 1.22 bits per heavy atom. The van der Waals surface area contributed by atoms with E-state index in [1.54, 1.807) is 38.3 Å². The fraction of sp³-hybridized carbons (Fsp3) is 0.444. The maximum atomic E-state index is 12.4. The van der Waals surface area contributed by atoms with Gasteiger partial charge >= 0.3 is 0 Å². The van der Waals surface area contributed by atoms with Crippen LogP contribution >= 0.6 is 12.4 Å². The van der Waals surface area contributed by atoms with Crippen LogP contribution in [0.25, 0.3) is 0 Å². The molecule has 1 atom stereocenters. The van der Waals surface area contributed by atoms with Crippen molar-refractivity contribution in [2.75, 3.05) is 39.7 Å². The summed E-state index contributed by atoms with van der Waals surface area (Å²) in [5, 5.41) is 10.5. The Hall–Kier alpha value is -2.45. The molecule has 1 aromatic heterocycles. The number of rotatable bonds is 7. The van der Waals surface area contributed by atoms with Gasteiger partial charge in [0.05, 0.1) is 40.0 Å². The van der Waals surface area contributed by atoms with Crippen molar-refractivity contribution in [2.24, 2.45) is 5.92 Å². The Morgan fingerprint density at radius 3 is 2.63 bits per heavy atom. The fourth-order valence-electron chi connectivity index (χ4n) is 3.12. The zero-order valence-electron chi connectivity index (χ0n) is 15.7.